The van der Waals surface area contributed by atoms with Crippen molar-refractivity contribution < 1.29 is 0 Å². The van der Waals surface area contributed by atoms with Gasteiger partial charge in [0.05, 0.1) is 60.0 Å². The Morgan fingerprint density at radius 2 is 0.804 bits per heavy atom. The largest absolute Gasteiger partial charge is 0.309 e. The van der Waals surface area contributed by atoms with Gasteiger partial charge in [-0.3, -0.25) is 9.13 Å². The number of hydrogen-bond donors (Lipinski definition) is 0. The summed E-state index contributed by atoms with van der Waals surface area (Å²) in [6, 6.07) is 107. The quantitative estimate of drug-likeness (QED) is 0.159. The zero-order valence-corrected chi connectivity index (χ0v) is 50.1. The number of rotatable bonds is 7. The summed E-state index contributed by atoms with van der Waals surface area (Å²) in [5.74, 6) is 1.44. The van der Waals surface area contributed by atoms with Gasteiger partial charge in [0, 0.05) is 70.0 Å². The molecule has 0 amide bonds. The van der Waals surface area contributed by atoms with Crippen molar-refractivity contribution in [1.29, 1.82) is 0 Å². The Balaban J connectivity index is 0.776. The third-order valence-electron chi connectivity index (χ3n) is 19.0. The minimum atomic E-state index is 0.643. The maximum Gasteiger partial charge on any atom is 0.235 e. The SMILES string of the molecule is c1ccc(-c2nc3cc(-c4cc5c(c6ccccc46)c4cc(-c6ccc7c(c6)c6ccccc6n7-c6nc(-c7ccccc7)c7ccccc7n6)ccc4n5-c4ccccc4)ccc3nc2-n2c3ccccc3c3c4ccccc4c4c5ccccc5sc4c32)cc1. The third kappa shape index (κ3) is 7.44. The summed E-state index contributed by atoms with van der Waals surface area (Å²) in [5.41, 5.74) is 18.5. The van der Waals surface area contributed by atoms with Gasteiger partial charge in [-0.05, 0) is 123 Å². The van der Waals surface area contributed by atoms with E-state index in [4.69, 9.17) is 19.9 Å². The third-order valence-corrected chi connectivity index (χ3v) is 20.2. The number of fused-ring (bicyclic) bond motifs is 20. The van der Waals surface area contributed by atoms with E-state index in [1.54, 1.807) is 0 Å². The van der Waals surface area contributed by atoms with Crippen molar-refractivity contribution in [3.05, 3.63) is 297 Å². The second-order valence-electron chi connectivity index (χ2n) is 24.0. The number of benzene rings is 14. The molecule has 0 aliphatic rings. The van der Waals surface area contributed by atoms with E-state index < -0.39 is 0 Å². The summed E-state index contributed by atoms with van der Waals surface area (Å²) in [4.78, 5) is 22.1. The molecule has 0 aliphatic heterocycles. The molecule has 14 aromatic carbocycles. The fourth-order valence-corrected chi connectivity index (χ4v) is 16.3. The summed E-state index contributed by atoms with van der Waals surface area (Å²) >= 11 is 1.86. The Bertz CT molecular complexity index is 6500. The average Bonchev–Trinajstić information content (AvgIpc) is 1.54. The molecule has 92 heavy (non-hydrogen) atoms. The summed E-state index contributed by atoms with van der Waals surface area (Å²) < 4.78 is 9.59. The molecule has 0 aliphatic carbocycles. The lowest BCUT2D eigenvalue weighted by Crippen LogP contribution is -2.04. The van der Waals surface area contributed by atoms with Crippen LogP contribution in [0.15, 0.2) is 297 Å². The van der Waals surface area contributed by atoms with Crippen LogP contribution in [0.25, 0.3) is 191 Å². The molecule has 8 heteroatoms. The summed E-state index contributed by atoms with van der Waals surface area (Å²) in [7, 11) is 0. The number of aromatic nitrogens is 7. The van der Waals surface area contributed by atoms with E-state index >= 15 is 0 Å². The van der Waals surface area contributed by atoms with Gasteiger partial charge in [0.2, 0.25) is 5.95 Å². The van der Waals surface area contributed by atoms with Gasteiger partial charge < -0.3 is 4.57 Å². The van der Waals surface area contributed by atoms with Crippen LogP contribution in [-0.4, -0.2) is 33.6 Å². The maximum atomic E-state index is 5.76. The predicted molar refractivity (Wildman–Crippen MR) is 385 cm³/mol. The molecular formula is C84H49N7S. The molecular weight excluding hydrogens is 1140 g/mol. The molecule has 0 radical (unpaired) electrons. The topological polar surface area (TPSA) is 66.3 Å². The zero-order valence-electron chi connectivity index (χ0n) is 49.3. The van der Waals surface area contributed by atoms with Crippen molar-refractivity contribution in [2.24, 2.45) is 0 Å². The van der Waals surface area contributed by atoms with Crippen LogP contribution in [0.4, 0.5) is 0 Å². The number of thiophene rings is 1. The highest BCUT2D eigenvalue weighted by Gasteiger charge is 2.27. The van der Waals surface area contributed by atoms with Crippen LogP contribution in [0.5, 0.6) is 0 Å². The van der Waals surface area contributed by atoms with E-state index in [9.17, 15) is 0 Å². The highest BCUT2D eigenvalue weighted by molar-refractivity contribution is 7.27. The predicted octanol–water partition coefficient (Wildman–Crippen LogP) is 22.2. The molecule has 0 fully saturated rings. The van der Waals surface area contributed by atoms with Crippen LogP contribution in [-0.2, 0) is 0 Å². The van der Waals surface area contributed by atoms with Crippen LogP contribution in [0.3, 0.4) is 0 Å². The Hall–Kier alpha value is -12.1. The smallest absolute Gasteiger partial charge is 0.235 e. The Labute approximate surface area is 530 Å². The van der Waals surface area contributed by atoms with Gasteiger partial charge in [-0.15, -0.1) is 11.3 Å². The molecule has 20 aromatic rings. The Morgan fingerprint density at radius 1 is 0.261 bits per heavy atom. The van der Waals surface area contributed by atoms with Crippen molar-refractivity contribution in [2.75, 3.05) is 0 Å². The first-order valence-electron chi connectivity index (χ1n) is 31.2. The van der Waals surface area contributed by atoms with Crippen LogP contribution in [0.1, 0.15) is 0 Å². The van der Waals surface area contributed by atoms with Crippen LogP contribution in [0.2, 0.25) is 0 Å². The lowest BCUT2D eigenvalue weighted by atomic mass is 9.94. The van der Waals surface area contributed by atoms with E-state index in [1.165, 1.54) is 57.9 Å². The van der Waals surface area contributed by atoms with E-state index in [1.807, 2.05) is 17.4 Å². The van der Waals surface area contributed by atoms with Gasteiger partial charge in [0.25, 0.3) is 0 Å². The van der Waals surface area contributed by atoms with Crippen molar-refractivity contribution in [3.63, 3.8) is 0 Å². The van der Waals surface area contributed by atoms with Crippen LogP contribution in [0, 0.1) is 0 Å². The number of nitrogens with zero attached hydrogens (tertiary/aromatic N) is 7. The van der Waals surface area contributed by atoms with Gasteiger partial charge >= 0.3 is 0 Å². The fraction of sp³-hybridized carbons (Fsp3) is 0. The summed E-state index contributed by atoms with van der Waals surface area (Å²) in [6.45, 7) is 0. The first-order chi connectivity index (χ1) is 45.6. The second-order valence-corrected chi connectivity index (χ2v) is 25.0. The fourth-order valence-electron chi connectivity index (χ4n) is 15.0. The molecule has 6 aromatic heterocycles. The molecule has 0 saturated carbocycles. The molecule has 7 nitrogen and oxygen atoms in total. The molecule has 0 unspecified atom stereocenters. The van der Waals surface area contributed by atoms with E-state index in [0.29, 0.717) is 5.95 Å². The minimum Gasteiger partial charge on any atom is -0.309 e. The Kier molecular flexibility index (Phi) is 10.9. The first-order valence-corrected chi connectivity index (χ1v) is 32.0. The molecule has 0 N–H and O–H groups in total. The van der Waals surface area contributed by atoms with E-state index in [-0.39, 0.29) is 0 Å². The number of para-hydroxylation sites is 4. The minimum absolute atomic E-state index is 0.643. The van der Waals surface area contributed by atoms with Gasteiger partial charge in [-0.1, -0.05) is 218 Å². The highest BCUT2D eigenvalue weighted by atomic mass is 32.1. The Morgan fingerprint density at radius 3 is 1.54 bits per heavy atom. The molecule has 0 saturated heterocycles. The van der Waals surface area contributed by atoms with Gasteiger partial charge in [-0.2, -0.15) is 0 Å². The van der Waals surface area contributed by atoms with Crippen LogP contribution >= 0.6 is 11.3 Å². The average molecular weight is 1190 g/mol. The monoisotopic (exact) mass is 1190 g/mol. The molecule has 20 rings (SSSR count). The lowest BCUT2D eigenvalue weighted by Gasteiger charge is -2.16. The first kappa shape index (κ1) is 50.9. The second kappa shape index (κ2) is 19.7. The van der Waals surface area contributed by atoms with E-state index in [2.05, 4.69) is 305 Å². The summed E-state index contributed by atoms with van der Waals surface area (Å²) in [5, 5.41) is 15.5. The molecule has 0 atom stereocenters. The molecule has 0 bridgehead atoms. The molecule has 6 heterocycles. The van der Waals surface area contributed by atoms with Gasteiger partial charge in [-0.25, -0.2) is 19.9 Å². The van der Waals surface area contributed by atoms with Crippen LogP contribution < -0.4 is 0 Å². The molecule has 426 valence electrons. The zero-order chi connectivity index (χ0) is 60.1. The summed E-state index contributed by atoms with van der Waals surface area (Å²) in [6.07, 6.45) is 0. The van der Waals surface area contributed by atoms with Gasteiger partial charge in [0.15, 0.2) is 5.82 Å². The maximum absolute atomic E-state index is 5.76. The van der Waals surface area contributed by atoms with Crippen molar-refractivity contribution >= 4 is 140 Å². The van der Waals surface area contributed by atoms with Crippen molar-refractivity contribution in [3.8, 4) is 62.2 Å². The normalized spacial score (nSPS) is 12.1. The molecule has 0 spiro atoms. The standard InChI is InChI=1S/C84H49N7S/c1-4-22-50(23-5-1)79-61-33-14-18-36-67(61)87-84(88-79)90-70-37-19-15-29-57(70)65-46-52(41-44-72(65)90)53-42-45-73-66(47-53)76-58-30-11-10-28-56(58)64(49-74(76)89(73)55-26-8-3-9-27-55)54-40-43-68-69(48-54)85-80(51-24-6-2-7-25-51)83(86-68)91-71-38-20-16-34-62(71)77-59-31-12-13-32-60(59)78-63-35-17-21-39-75(63)92-82(78)81(77)91/h1-49H. The number of hydrogen-bond acceptors (Lipinski definition) is 5. The van der Waals surface area contributed by atoms with Crippen molar-refractivity contribution in [1.82, 2.24) is 33.6 Å². The van der Waals surface area contributed by atoms with Gasteiger partial charge in [0.1, 0.15) is 5.69 Å². The van der Waals surface area contributed by atoms with E-state index in [0.717, 1.165) is 127 Å². The highest BCUT2D eigenvalue weighted by Crippen LogP contribution is 2.50. The lowest BCUT2D eigenvalue weighted by molar-refractivity contribution is 1.01. The van der Waals surface area contributed by atoms with Crippen molar-refractivity contribution in [2.45, 2.75) is 0 Å².